The standard InChI is InChI=1S/C16H15N2/c1-18(2)9-13-5-3-11-7-17-8-12-4-6-14(10-18)16(13)15(11)12/h3-10,17H,1-2H3/q+1. The van der Waals surface area contributed by atoms with Crippen molar-refractivity contribution in [3.8, 4) is 0 Å². The highest BCUT2D eigenvalue weighted by Crippen LogP contribution is 2.07. The molecule has 0 radical (unpaired) electrons. The van der Waals surface area contributed by atoms with Gasteiger partial charge in [0, 0.05) is 33.6 Å². The van der Waals surface area contributed by atoms with Crippen molar-refractivity contribution in [1.82, 2.24) is 5.32 Å². The second kappa shape index (κ2) is 3.03. The summed E-state index contributed by atoms with van der Waals surface area (Å²) in [6, 6.07) is 8.85. The van der Waals surface area contributed by atoms with E-state index in [4.69, 9.17) is 0 Å². The van der Waals surface area contributed by atoms with Gasteiger partial charge in [0.05, 0.1) is 14.1 Å². The second-order valence-corrected chi connectivity index (χ2v) is 5.58. The number of hydrogen-bond donors (Lipinski definition) is 1. The van der Waals surface area contributed by atoms with Crippen molar-refractivity contribution in [1.29, 1.82) is 0 Å². The van der Waals surface area contributed by atoms with Gasteiger partial charge in [-0.3, -0.25) is 4.48 Å². The van der Waals surface area contributed by atoms with Crippen molar-refractivity contribution in [2.45, 2.75) is 0 Å². The summed E-state index contributed by atoms with van der Waals surface area (Å²) >= 11 is 0. The summed E-state index contributed by atoms with van der Waals surface area (Å²) in [6.07, 6.45) is 8.75. The van der Waals surface area contributed by atoms with Gasteiger partial charge in [-0.25, -0.2) is 0 Å². The molecule has 0 unspecified atom stereocenters. The lowest BCUT2D eigenvalue weighted by Crippen LogP contribution is -2.39. The molecule has 0 saturated carbocycles. The molecule has 0 bridgehead atoms. The molecule has 2 heteroatoms. The monoisotopic (exact) mass is 235 g/mol. The number of nitrogens with zero attached hydrogens (tertiary/aromatic N) is 1. The van der Waals surface area contributed by atoms with Crippen molar-refractivity contribution in [2.24, 2.45) is 0 Å². The minimum absolute atomic E-state index is 0.798. The normalized spacial score (nSPS) is 17.9. The van der Waals surface area contributed by atoms with Crippen molar-refractivity contribution in [3.05, 3.63) is 45.1 Å². The first-order valence-corrected chi connectivity index (χ1v) is 6.21. The summed E-state index contributed by atoms with van der Waals surface area (Å²) in [4.78, 5) is 0. The summed E-state index contributed by atoms with van der Waals surface area (Å²) in [7, 11) is 4.39. The minimum Gasteiger partial charge on any atom is -0.366 e. The third-order valence-electron chi connectivity index (χ3n) is 3.71. The number of nitrogens with one attached hydrogen (secondary N) is 1. The molecule has 0 aromatic heterocycles. The largest absolute Gasteiger partial charge is 0.366 e. The van der Waals surface area contributed by atoms with Gasteiger partial charge in [0.2, 0.25) is 0 Å². The van der Waals surface area contributed by atoms with Gasteiger partial charge in [0.15, 0.2) is 0 Å². The van der Waals surface area contributed by atoms with Crippen LogP contribution in [0.1, 0.15) is 0 Å². The molecular weight excluding hydrogens is 220 g/mol. The topological polar surface area (TPSA) is 12.0 Å². The Kier molecular flexibility index (Phi) is 1.67. The predicted molar refractivity (Wildman–Crippen MR) is 75.6 cm³/mol. The molecule has 0 spiro atoms. The number of quaternary nitrogens is 1. The van der Waals surface area contributed by atoms with Crippen LogP contribution < -0.4 is 26.2 Å². The molecule has 0 saturated heterocycles. The average molecular weight is 235 g/mol. The SMILES string of the molecule is C[N+]1(C)C=c2ccc3c4c(ccc(c24)=C1)=CNC=3. The van der Waals surface area contributed by atoms with Gasteiger partial charge < -0.3 is 5.32 Å². The van der Waals surface area contributed by atoms with Gasteiger partial charge in [-0.1, -0.05) is 12.1 Å². The Hall–Kier alpha value is -2.06. The van der Waals surface area contributed by atoms with Gasteiger partial charge in [-0.15, -0.1) is 0 Å². The van der Waals surface area contributed by atoms with Crippen molar-refractivity contribution in [3.63, 3.8) is 0 Å². The van der Waals surface area contributed by atoms with E-state index < -0.39 is 0 Å². The molecule has 88 valence electrons. The van der Waals surface area contributed by atoms with E-state index in [1.165, 1.54) is 31.6 Å². The zero-order valence-corrected chi connectivity index (χ0v) is 10.6. The molecule has 2 aliphatic rings. The summed E-state index contributed by atoms with van der Waals surface area (Å²) < 4.78 is 0.798. The highest BCUT2D eigenvalue weighted by atomic mass is 15.3. The third-order valence-corrected chi connectivity index (χ3v) is 3.71. The predicted octanol–water partition coefficient (Wildman–Crippen LogP) is -0.515. The fourth-order valence-electron chi connectivity index (χ4n) is 3.03. The van der Waals surface area contributed by atoms with E-state index in [2.05, 4.69) is 68.5 Å². The smallest absolute Gasteiger partial charge is 0.108 e. The van der Waals surface area contributed by atoms with Gasteiger partial charge in [-0.2, -0.15) is 0 Å². The van der Waals surface area contributed by atoms with Crippen LogP contribution in [0, 0.1) is 0 Å². The van der Waals surface area contributed by atoms with Crippen molar-refractivity contribution >= 4 is 35.6 Å². The van der Waals surface area contributed by atoms with E-state index >= 15 is 0 Å². The molecule has 0 atom stereocenters. The zero-order chi connectivity index (χ0) is 12.3. The van der Waals surface area contributed by atoms with Crippen LogP contribution in [0.15, 0.2) is 24.3 Å². The van der Waals surface area contributed by atoms with Crippen LogP contribution in [0.25, 0.3) is 35.6 Å². The first kappa shape index (κ1) is 9.92. The van der Waals surface area contributed by atoms with Crippen LogP contribution in [0.3, 0.4) is 0 Å². The Morgan fingerprint density at radius 2 is 1.17 bits per heavy atom. The van der Waals surface area contributed by atoms with Gasteiger partial charge >= 0.3 is 0 Å². The zero-order valence-electron chi connectivity index (χ0n) is 10.6. The van der Waals surface area contributed by atoms with E-state index in [-0.39, 0.29) is 0 Å². The van der Waals surface area contributed by atoms with Crippen LogP contribution in [-0.2, 0) is 0 Å². The van der Waals surface area contributed by atoms with Crippen molar-refractivity contribution in [2.75, 3.05) is 14.1 Å². The molecule has 0 fully saturated rings. The lowest BCUT2D eigenvalue weighted by atomic mass is 10.00. The molecule has 0 aliphatic carbocycles. The molecule has 2 aliphatic heterocycles. The van der Waals surface area contributed by atoms with Crippen LogP contribution >= 0.6 is 0 Å². The maximum atomic E-state index is 3.22. The Labute approximate surface area is 105 Å². The highest BCUT2D eigenvalue weighted by molar-refractivity contribution is 5.88. The minimum atomic E-state index is 0.798. The first-order chi connectivity index (χ1) is 8.64. The summed E-state index contributed by atoms with van der Waals surface area (Å²) in [5.41, 5.74) is 0. The Morgan fingerprint density at radius 1 is 0.722 bits per heavy atom. The summed E-state index contributed by atoms with van der Waals surface area (Å²) in [5, 5.41) is 11.2. The first-order valence-electron chi connectivity index (χ1n) is 6.21. The van der Waals surface area contributed by atoms with Gasteiger partial charge in [0.1, 0.15) is 12.4 Å². The second-order valence-electron chi connectivity index (χ2n) is 5.58. The molecule has 1 N–H and O–H groups in total. The Balaban J connectivity index is 2.42. The molecule has 2 nitrogen and oxygen atoms in total. The van der Waals surface area contributed by atoms with E-state index in [0.717, 1.165) is 4.48 Å². The molecule has 2 aromatic rings. The molecule has 18 heavy (non-hydrogen) atoms. The summed E-state index contributed by atoms with van der Waals surface area (Å²) in [6.45, 7) is 0. The van der Waals surface area contributed by atoms with E-state index in [9.17, 15) is 0 Å². The molecule has 2 aromatic carbocycles. The van der Waals surface area contributed by atoms with E-state index in [1.54, 1.807) is 0 Å². The maximum Gasteiger partial charge on any atom is 0.108 e. The number of benzene rings is 2. The van der Waals surface area contributed by atoms with E-state index in [1.807, 2.05) is 0 Å². The highest BCUT2D eigenvalue weighted by Gasteiger charge is 2.15. The molecule has 0 amide bonds. The van der Waals surface area contributed by atoms with Gasteiger partial charge in [0.25, 0.3) is 0 Å². The van der Waals surface area contributed by atoms with Crippen LogP contribution in [0.4, 0.5) is 0 Å². The van der Waals surface area contributed by atoms with Crippen LogP contribution in [0.2, 0.25) is 0 Å². The maximum absolute atomic E-state index is 3.22. The molecule has 2 heterocycles. The lowest BCUT2D eigenvalue weighted by molar-refractivity contribution is -0.724. The van der Waals surface area contributed by atoms with Gasteiger partial charge in [-0.05, 0) is 22.6 Å². The van der Waals surface area contributed by atoms with Crippen molar-refractivity contribution < 1.29 is 4.48 Å². The quantitative estimate of drug-likeness (QED) is 0.606. The lowest BCUT2D eigenvalue weighted by Gasteiger charge is -2.23. The van der Waals surface area contributed by atoms with Crippen LogP contribution in [0.5, 0.6) is 0 Å². The molecule has 4 rings (SSSR count). The van der Waals surface area contributed by atoms with Crippen LogP contribution in [-0.4, -0.2) is 18.6 Å². The average Bonchev–Trinajstić information content (AvgIpc) is 2.34. The number of hydrogen-bond acceptors (Lipinski definition) is 1. The Morgan fingerprint density at radius 3 is 1.72 bits per heavy atom. The van der Waals surface area contributed by atoms with E-state index in [0.29, 0.717) is 0 Å². The number of rotatable bonds is 0. The third kappa shape index (κ3) is 1.21. The fraction of sp³-hybridized carbons (Fsp3) is 0.125. The Bertz CT molecular complexity index is 847. The molecular formula is C16H15N2+. The fourth-order valence-corrected chi connectivity index (χ4v) is 3.03. The summed E-state index contributed by atoms with van der Waals surface area (Å²) in [5.74, 6) is 0.